The second kappa shape index (κ2) is 5.23. The van der Waals surface area contributed by atoms with E-state index in [1.54, 1.807) is 0 Å². The van der Waals surface area contributed by atoms with Crippen LogP contribution in [0.4, 0.5) is 0 Å². The minimum absolute atomic E-state index is 0.546. The van der Waals surface area contributed by atoms with Crippen LogP contribution in [0.25, 0.3) is 0 Å². The van der Waals surface area contributed by atoms with Crippen molar-refractivity contribution in [2.45, 2.75) is 33.6 Å². The topological polar surface area (TPSA) is 0 Å². The molecule has 60 valence electrons. The summed E-state index contributed by atoms with van der Waals surface area (Å²) in [6, 6.07) is 0. The molecule has 0 aromatic heterocycles. The zero-order chi connectivity index (χ0) is 8.85. The molecule has 0 aliphatic carbocycles. The van der Waals surface area contributed by atoms with Gasteiger partial charge in [-0.15, -0.1) is 12.1 Å². The molecule has 0 saturated carbocycles. The molecule has 0 nitrogen and oxygen atoms in total. The largest absolute Gasteiger partial charge is 0.118 e. The maximum atomic E-state index is 5.80. The lowest BCUT2D eigenvalue weighted by Gasteiger charge is -2.11. The molecule has 1 heteroatoms. The highest BCUT2D eigenvalue weighted by molar-refractivity contribution is 6.21. The Morgan fingerprint density at radius 3 is 2.36 bits per heavy atom. The molecule has 1 unspecified atom stereocenters. The lowest BCUT2D eigenvalue weighted by atomic mass is 9.82. The van der Waals surface area contributed by atoms with Gasteiger partial charge in [0.2, 0.25) is 0 Å². The van der Waals surface area contributed by atoms with E-state index in [1.807, 2.05) is 19.9 Å². The zero-order valence-corrected chi connectivity index (χ0v) is 7.85. The summed E-state index contributed by atoms with van der Waals surface area (Å²) < 4.78 is 0. The smallest absolute Gasteiger partial charge is 0.107 e. The minimum atomic E-state index is 0.546. The molecule has 0 amide bonds. The molecular weight excluding hydrogens is 131 g/mol. The molecule has 2 radical (unpaired) electrons. The number of rotatable bonds is 4. The average molecular weight is 148 g/mol. The standard InChI is InChI=1S/C10H17B/c1-5-9(6-2)7-10(11)8(3)4/h5,9H,1,6-7H2,2-4H3. The minimum Gasteiger partial charge on any atom is -0.118 e. The van der Waals surface area contributed by atoms with Crippen LogP contribution in [-0.2, 0) is 0 Å². The van der Waals surface area contributed by atoms with Gasteiger partial charge < -0.3 is 0 Å². The van der Waals surface area contributed by atoms with Crippen molar-refractivity contribution < 1.29 is 0 Å². The Balaban J connectivity index is 4.02. The fraction of sp³-hybridized carbons (Fsp3) is 0.600. The van der Waals surface area contributed by atoms with Gasteiger partial charge in [0.05, 0.1) is 0 Å². The Hall–Kier alpha value is -0.455. The van der Waals surface area contributed by atoms with Gasteiger partial charge in [-0.2, -0.15) is 0 Å². The number of hydrogen-bond donors (Lipinski definition) is 0. The SMILES string of the molecule is [B]C(CC(C=C)CC)=C(C)C. The van der Waals surface area contributed by atoms with Crippen molar-refractivity contribution >= 4 is 7.85 Å². The third kappa shape index (κ3) is 4.08. The molecule has 0 spiro atoms. The van der Waals surface area contributed by atoms with Crippen molar-refractivity contribution in [2.75, 3.05) is 0 Å². The molecule has 0 aromatic rings. The predicted molar refractivity (Wildman–Crippen MR) is 52.7 cm³/mol. The van der Waals surface area contributed by atoms with Crippen LogP contribution in [0.1, 0.15) is 33.6 Å². The third-order valence-electron chi connectivity index (χ3n) is 1.98. The summed E-state index contributed by atoms with van der Waals surface area (Å²) in [5, 5.41) is 0. The van der Waals surface area contributed by atoms with E-state index < -0.39 is 0 Å². The molecule has 0 fully saturated rings. The Bertz CT molecular complexity index is 152. The second-order valence-electron chi connectivity index (χ2n) is 3.13. The summed E-state index contributed by atoms with van der Waals surface area (Å²) in [7, 11) is 5.80. The van der Waals surface area contributed by atoms with Gasteiger partial charge in [0, 0.05) is 0 Å². The summed E-state index contributed by atoms with van der Waals surface area (Å²) >= 11 is 0. The Kier molecular flexibility index (Phi) is 5.01. The monoisotopic (exact) mass is 148 g/mol. The maximum Gasteiger partial charge on any atom is 0.107 e. The molecule has 0 heterocycles. The molecule has 11 heavy (non-hydrogen) atoms. The maximum absolute atomic E-state index is 5.80. The Morgan fingerprint density at radius 1 is 1.55 bits per heavy atom. The molecule has 0 aliphatic heterocycles. The molecule has 0 N–H and O–H groups in total. The molecule has 0 aliphatic rings. The summed E-state index contributed by atoms with van der Waals surface area (Å²) in [5.74, 6) is 0.546. The van der Waals surface area contributed by atoms with Crippen LogP contribution in [0.3, 0.4) is 0 Å². The van der Waals surface area contributed by atoms with Gasteiger partial charge in [-0.25, -0.2) is 0 Å². The molecule has 1 atom stereocenters. The van der Waals surface area contributed by atoms with E-state index in [1.165, 1.54) is 5.57 Å². The van der Waals surface area contributed by atoms with Crippen LogP contribution in [-0.4, -0.2) is 7.85 Å². The van der Waals surface area contributed by atoms with E-state index in [-0.39, 0.29) is 0 Å². The Morgan fingerprint density at radius 2 is 2.09 bits per heavy atom. The van der Waals surface area contributed by atoms with Crippen molar-refractivity contribution in [1.29, 1.82) is 0 Å². The fourth-order valence-electron chi connectivity index (χ4n) is 0.881. The van der Waals surface area contributed by atoms with E-state index in [2.05, 4.69) is 13.5 Å². The summed E-state index contributed by atoms with van der Waals surface area (Å²) in [6.07, 6.45) is 4.07. The van der Waals surface area contributed by atoms with Crippen LogP contribution < -0.4 is 0 Å². The first-order chi connectivity index (χ1) is 5.11. The van der Waals surface area contributed by atoms with E-state index in [0.29, 0.717) is 5.92 Å². The van der Waals surface area contributed by atoms with Gasteiger partial charge in [-0.1, -0.05) is 18.6 Å². The number of hydrogen-bond acceptors (Lipinski definition) is 0. The third-order valence-corrected chi connectivity index (χ3v) is 1.98. The zero-order valence-electron chi connectivity index (χ0n) is 7.85. The molecule has 0 rings (SSSR count). The predicted octanol–water partition coefficient (Wildman–Crippen LogP) is 3.05. The van der Waals surface area contributed by atoms with Crippen molar-refractivity contribution in [3.63, 3.8) is 0 Å². The van der Waals surface area contributed by atoms with Gasteiger partial charge in [0.1, 0.15) is 7.85 Å². The van der Waals surface area contributed by atoms with Gasteiger partial charge in [0.15, 0.2) is 0 Å². The average Bonchev–Trinajstić information content (AvgIpc) is 1.99. The number of allylic oxidation sites excluding steroid dienone is 3. The Labute approximate surface area is 71.8 Å². The normalized spacial score (nSPS) is 12.3. The van der Waals surface area contributed by atoms with E-state index in [9.17, 15) is 0 Å². The van der Waals surface area contributed by atoms with Crippen molar-refractivity contribution in [1.82, 2.24) is 0 Å². The highest BCUT2D eigenvalue weighted by Gasteiger charge is 2.01. The van der Waals surface area contributed by atoms with Gasteiger partial charge in [-0.3, -0.25) is 0 Å². The van der Waals surface area contributed by atoms with Crippen LogP contribution in [0.5, 0.6) is 0 Å². The highest BCUT2D eigenvalue weighted by atomic mass is 14.0. The highest BCUT2D eigenvalue weighted by Crippen LogP contribution is 2.16. The lowest BCUT2D eigenvalue weighted by molar-refractivity contribution is 0.632. The summed E-state index contributed by atoms with van der Waals surface area (Å²) in [4.78, 5) is 0. The fourth-order valence-corrected chi connectivity index (χ4v) is 0.881. The van der Waals surface area contributed by atoms with Crippen LogP contribution in [0.2, 0.25) is 0 Å². The first-order valence-electron chi connectivity index (χ1n) is 4.16. The van der Waals surface area contributed by atoms with Gasteiger partial charge >= 0.3 is 0 Å². The van der Waals surface area contributed by atoms with Gasteiger partial charge in [0.25, 0.3) is 0 Å². The molecule has 0 saturated heterocycles. The molecule has 0 aromatic carbocycles. The molecular formula is C10H17B. The van der Waals surface area contributed by atoms with E-state index >= 15 is 0 Å². The first-order valence-corrected chi connectivity index (χ1v) is 4.16. The van der Waals surface area contributed by atoms with Crippen LogP contribution >= 0.6 is 0 Å². The van der Waals surface area contributed by atoms with Crippen LogP contribution in [0.15, 0.2) is 23.7 Å². The second-order valence-corrected chi connectivity index (χ2v) is 3.13. The van der Waals surface area contributed by atoms with Crippen LogP contribution in [0, 0.1) is 5.92 Å². The van der Waals surface area contributed by atoms with Crippen molar-refractivity contribution in [3.05, 3.63) is 23.7 Å². The summed E-state index contributed by atoms with van der Waals surface area (Å²) in [6.45, 7) is 10.0. The van der Waals surface area contributed by atoms with Gasteiger partial charge in [-0.05, 0) is 32.6 Å². The summed E-state index contributed by atoms with van der Waals surface area (Å²) in [5.41, 5.74) is 2.24. The van der Waals surface area contributed by atoms with Crippen molar-refractivity contribution in [2.24, 2.45) is 5.92 Å². The first kappa shape index (κ1) is 10.5. The van der Waals surface area contributed by atoms with E-state index in [4.69, 9.17) is 7.85 Å². The quantitative estimate of drug-likeness (QED) is 0.424. The lowest BCUT2D eigenvalue weighted by Crippen LogP contribution is -1.97. The van der Waals surface area contributed by atoms with E-state index in [0.717, 1.165) is 18.3 Å². The molecule has 0 bridgehead atoms. The van der Waals surface area contributed by atoms with Crippen molar-refractivity contribution in [3.8, 4) is 0 Å².